The van der Waals surface area contributed by atoms with Crippen molar-refractivity contribution >= 4 is 18.3 Å². The smallest absolute Gasteiger partial charge is 0.220 e. The van der Waals surface area contributed by atoms with Crippen molar-refractivity contribution in [1.29, 1.82) is 0 Å². The monoisotopic (exact) mass is 292 g/mol. The molecule has 0 saturated carbocycles. The van der Waals surface area contributed by atoms with E-state index in [1.807, 2.05) is 27.7 Å². The average Bonchev–Trinajstić information content (AvgIpc) is 2.22. The fraction of sp³-hybridized carbons (Fsp3) is 0.929. The van der Waals surface area contributed by atoms with Crippen LogP contribution in [0, 0.1) is 0 Å². The van der Waals surface area contributed by atoms with Gasteiger partial charge in [0, 0.05) is 23.5 Å². The SMILES string of the molecule is CCCCC(=O)NC1CC(C)(C)N(O)C(C)(C)C1.Cl. The van der Waals surface area contributed by atoms with Gasteiger partial charge in [-0.2, -0.15) is 5.06 Å². The van der Waals surface area contributed by atoms with Crippen LogP contribution in [0.15, 0.2) is 0 Å². The summed E-state index contributed by atoms with van der Waals surface area (Å²) in [6.45, 7) is 10.1. The number of hydrogen-bond acceptors (Lipinski definition) is 3. The molecular formula is C14H29ClN2O2. The van der Waals surface area contributed by atoms with Gasteiger partial charge in [0.25, 0.3) is 0 Å². The number of rotatable bonds is 4. The maximum absolute atomic E-state index is 11.8. The van der Waals surface area contributed by atoms with E-state index in [4.69, 9.17) is 0 Å². The molecule has 0 aliphatic carbocycles. The molecule has 0 aromatic carbocycles. The van der Waals surface area contributed by atoms with Gasteiger partial charge < -0.3 is 10.5 Å². The number of amides is 1. The second-order valence-corrected chi connectivity index (χ2v) is 6.71. The number of halogens is 1. The Hall–Kier alpha value is -0.320. The van der Waals surface area contributed by atoms with Gasteiger partial charge in [-0.1, -0.05) is 13.3 Å². The summed E-state index contributed by atoms with van der Waals surface area (Å²) in [6, 6.07) is 0.155. The minimum Gasteiger partial charge on any atom is -0.353 e. The molecule has 2 N–H and O–H groups in total. The van der Waals surface area contributed by atoms with Crippen molar-refractivity contribution in [1.82, 2.24) is 10.4 Å². The molecule has 0 atom stereocenters. The average molecular weight is 293 g/mol. The number of nitrogens with zero attached hydrogens (tertiary/aromatic N) is 1. The van der Waals surface area contributed by atoms with Crippen molar-refractivity contribution < 1.29 is 10.0 Å². The fourth-order valence-corrected chi connectivity index (χ4v) is 3.01. The first-order chi connectivity index (χ1) is 8.19. The minimum absolute atomic E-state index is 0. The van der Waals surface area contributed by atoms with Gasteiger partial charge >= 0.3 is 0 Å². The number of unbranched alkanes of at least 4 members (excludes halogenated alkanes) is 1. The zero-order chi connectivity index (χ0) is 14.0. The molecule has 0 bridgehead atoms. The first-order valence-corrected chi connectivity index (χ1v) is 6.97. The number of carbonyl (C=O) groups is 1. The summed E-state index contributed by atoms with van der Waals surface area (Å²) in [5, 5.41) is 14.7. The number of piperidine rings is 1. The summed E-state index contributed by atoms with van der Waals surface area (Å²) in [4.78, 5) is 11.8. The largest absolute Gasteiger partial charge is 0.353 e. The maximum atomic E-state index is 11.8. The van der Waals surface area contributed by atoms with Gasteiger partial charge in [-0.05, 0) is 47.0 Å². The van der Waals surface area contributed by atoms with E-state index >= 15 is 0 Å². The molecule has 0 unspecified atom stereocenters. The Morgan fingerprint density at radius 2 is 1.74 bits per heavy atom. The van der Waals surface area contributed by atoms with Crippen LogP contribution < -0.4 is 5.32 Å². The highest BCUT2D eigenvalue weighted by Gasteiger charge is 2.45. The summed E-state index contributed by atoms with van der Waals surface area (Å²) in [5.74, 6) is 0.139. The number of nitrogens with one attached hydrogen (secondary N) is 1. The fourth-order valence-electron chi connectivity index (χ4n) is 3.01. The standard InChI is InChI=1S/C14H28N2O2.ClH/c1-6-7-8-12(17)15-11-9-13(2,3)16(18)14(4,5)10-11;/h11,18H,6-10H2,1-5H3,(H,15,17);1H. The maximum Gasteiger partial charge on any atom is 0.220 e. The van der Waals surface area contributed by atoms with E-state index in [2.05, 4.69) is 12.2 Å². The molecule has 0 radical (unpaired) electrons. The third-order valence-corrected chi connectivity index (χ3v) is 3.76. The summed E-state index contributed by atoms with van der Waals surface area (Å²) in [7, 11) is 0. The van der Waals surface area contributed by atoms with E-state index < -0.39 is 0 Å². The van der Waals surface area contributed by atoms with Crippen molar-refractivity contribution in [3.05, 3.63) is 0 Å². The van der Waals surface area contributed by atoms with Gasteiger partial charge in [0.05, 0.1) is 0 Å². The molecule has 0 spiro atoms. The predicted molar refractivity (Wildman–Crippen MR) is 79.7 cm³/mol. The molecule has 4 nitrogen and oxygen atoms in total. The third kappa shape index (κ3) is 4.93. The minimum atomic E-state index is -0.301. The lowest BCUT2D eigenvalue weighted by Gasteiger charge is -2.51. The van der Waals surface area contributed by atoms with E-state index in [9.17, 15) is 10.0 Å². The normalized spacial score (nSPS) is 22.6. The third-order valence-electron chi connectivity index (χ3n) is 3.76. The van der Waals surface area contributed by atoms with Crippen molar-refractivity contribution in [3.8, 4) is 0 Å². The Balaban J connectivity index is 0.00000324. The second kappa shape index (κ2) is 6.91. The molecule has 1 rings (SSSR count). The number of carbonyl (C=O) groups excluding carboxylic acids is 1. The van der Waals surface area contributed by atoms with Crippen LogP contribution in [-0.4, -0.2) is 33.3 Å². The van der Waals surface area contributed by atoms with Crippen molar-refractivity contribution in [3.63, 3.8) is 0 Å². The second-order valence-electron chi connectivity index (χ2n) is 6.71. The zero-order valence-electron chi connectivity index (χ0n) is 12.8. The van der Waals surface area contributed by atoms with Crippen LogP contribution in [0.4, 0.5) is 0 Å². The first kappa shape index (κ1) is 18.7. The highest BCUT2D eigenvalue weighted by atomic mass is 35.5. The van der Waals surface area contributed by atoms with Crippen LogP contribution >= 0.6 is 12.4 Å². The van der Waals surface area contributed by atoms with Crippen molar-refractivity contribution in [2.24, 2.45) is 0 Å². The zero-order valence-corrected chi connectivity index (χ0v) is 13.6. The van der Waals surface area contributed by atoms with E-state index in [0.717, 1.165) is 25.7 Å². The molecule has 5 heteroatoms. The molecule has 1 saturated heterocycles. The summed E-state index contributed by atoms with van der Waals surface area (Å²) in [6.07, 6.45) is 4.16. The summed E-state index contributed by atoms with van der Waals surface area (Å²) in [5.41, 5.74) is -0.602. The van der Waals surface area contributed by atoms with Crippen LogP contribution in [0.2, 0.25) is 0 Å². The predicted octanol–water partition coefficient (Wildman–Crippen LogP) is 3.13. The Morgan fingerprint density at radius 3 is 2.16 bits per heavy atom. The van der Waals surface area contributed by atoms with Gasteiger partial charge in [0.1, 0.15) is 0 Å². The van der Waals surface area contributed by atoms with Crippen LogP contribution in [0.25, 0.3) is 0 Å². The molecule has 19 heavy (non-hydrogen) atoms. The Labute approximate surface area is 123 Å². The Bertz CT molecular complexity index is 288. The van der Waals surface area contributed by atoms with Gasteiger partial charge in [-0.3, -0.25) is 4.79 Å². The van der Waals surface area contributed by atoms with E-state index in [0.29, 0.717) is 6.42 Å². The molecule has 114 valence electrons. The lowest BCUT2D eigenvalue weighted by molar-refractivity contribution is -0.246. The van der Waals surface area contributed by atoms with E-state index in [-0.39, 0.29) is 35.4 Å². The molecule has 1 amide bonds. The molecule has 1 aliphatic heterocycles. The quantitative estimate of drug-likeness (QED) is 0.837. The van der Waals surface area contributed by atoms with E-state index in [1.54, 1.807) is 0 Å². The lowest BCUT2D eigenvalue weighted by Crippen LogP contribution is -2.62. The van der Waals surface area contributed by atoms with E-state index in [1.165, 1.54) is 5.06 Å². The molecule has 0 aromatic heterocycles. The van der Waals surface area contributed by atoms with Crippen molar-refractivity contribution in [2.75, 3.05) is 0 Å². The van der Waals surface area contributed by atoms with Gasteiger partial charge in [0.2, 0.25) is 5.91 Å². The molecule has 1 aliphatic rings. The summed E-state index contributed by atoms with van der Waals surface area (Å²) < 4.78 is 0. The molecule has 0 aromatic rings. The molecular weight excluding hydrogens is 264 g/mol. The van der Waals surface area contributed by atoms with Crippen LogP contribution in [0.5, 0.6) is 0 Å². The van der Waals surface area contributed by atoms with Crippen molar-refractivity contribution in [2.45, 2.75) is 83.8 Å². The van der Waals surface area contributed by atoms with Crippen LogP contribution in [0.3, 0.4) is 0 Å². The molecule has 1 heterocycles. The highest BCUT2D eigenvalue weighted by molar-refractivity contribution is 5.85. The topological polar surface area (TPSA) is 52.6 Å². The highest BCUT2D eigenvalue weighted by Crippen LogP contribution is 2.36. The van der Waals surface area contributed by atoms with Gasteiger partial charge in [-0.25, -0.2) is 0 Å². The Morgan fingerprint density at radius 1 is 1.26 bits per heavy atom. The number of hydrogen-bond donors (Lipinski definition) is 2. The molecule has 1 fully saturated rings. The lowest BCUT2D eigenvalue weighted by atomic mass is 9.79. The Kier molecular flexibility index (Phi) is 6.79. The van der Waals surface area contributed by atoms with Crippen LogP contribution in [0.1, 0.15) is 66.7 Å². The van der Waals surface area contributed by atoms with Gasteiger partial charge in [0.15, 0.2) is 0 Å². The summed E-state index contributed by atoms with van der Waals surface area (Å²) >= 11 is 0. The number of hydroxylamine groups is 2. The first-order valence-electron chi connectivity index (χ1n) is 6.97. The van der Waals surface area contributed by atoms with Crippen LogP contribution in [-0.2, 0) is 4.79 Å². The van der Waals surface area contributed by atoms with Gasteiger partial charge in [-0.15, -0.1) is 12.4 Å².